The summed E-state index contributed by atoms with van der Waals surface area (Å²) < 4.78 is 1.10. The summed E-state index contributed by atoms with van der Waals surface area (Å²) in [6.45, 7) is 4.75. The van der Waals surface area contributed by atoms with E-state index >= 15 is 0 Å². The van der Waals surface area contributed by atoms with Gasteiger partial charge in [0.25, 0.3) is 0 Å². The van der Waals surface area contributed by atoms with Crippen LogP contribution in [0.25, 0.3) is 0 Å². The van der Waals surface area contributed by atoms with Gasteiger partial charge in [0.15, 0.2) is 0 Å². The van der Waals surface area contributed by atoms with Gasteiger partial charge in [0.05, 0.1) is 0 Å². The van der Waals surface area contributed by atoms with Crippen LogP contribution >= 0.6 is 15.9 Å². The highest BCUT2D eigenvalue weighted by atomic mass is 79.9. The molecule has 1 saturated heterocycles. The van der Waals surface area contributed by atoms with Crippen molar-refractivity contribution >= 4 is 21.8 Å². The third-order valence-corrected chi connectivity index (χ3v) is 4.56. The first-order valence-electron chi connectivity index (χ1n) is 6.93. The first-order chi connectivity index (χ1) is 9.15. The van der Waals surface area contributed by atoms with Gasteiger partial charge in [0.2, 0.25) is 5.91 Å². The molecule has 1 aliphatic carbocycles. The van der Waals surface area contributed by atoms with Crippen molar-refractivity contribution in [1.82, 2.24) is 10.2 Å². The van der Waals surface area contributed by atoms with Crippen molar-refractivity contribution in [3.8, 4) is 0 Å². The van der Waals surface area contributed by atoms with Crippen molar-refractivity contribution in [3.63, 3.8) is 0 Å². The lowest BCUT2D eigenvalue weighted by Gasteiger charge is -2.32. The second kappa shape index (κ2) is 5.25. The standard InChI is InChI=1S/C15H19BrN2O/c1-10-9-18(6-5-17-10)15(19)14-8-13(14)11-3-2-4-12(16)7-11/h2-4,7,10,13-14,17H,5-6,8-9H2,1H3. The minimum Gasteiger partial charge on any atom is -0.340 e. The summed E-state index contributed by atoms with van der Waals surface area (Å²) in [6, 6.07) is 8.76. The maximum Gasteiger partial charge on any atom is 0.226 e. The molecule has 1 N–H and O–H groups in total. The Morgan fingerprint density at radius 1 is 1.47 bits per heavy atom. The molecule has 1 heterocycles. The van der Waals surface area contributed by atoms with Gasteiger partial charge in [-0.25, -0.2) is 0 Å². The maximum atomic E-state index is 12.5. The molecule has 2 aliphatic rings. The minimum atomic E-state index is 0.208. The van der Waals surface area contributed by atoms with Gasteiger partial charge in [-0.1, -0.05) is 28.1 Å². The second-order valence-corrected chi connectivity index (χ2v) is 6.56. The average Bonchev–Trinajstić information content (AvgIpc) is 3.18. The molecule has 19 heavy (non-hydrogen) atoms. The summed E-state index contributed by atoms with van der Waals surface area (Å²) in [5.74, 6) is 0.980. The first-order valence-corrected chi connectivity index (χ1v) is 7.72. The van der Waals surface area contributed by atoms with Crippen LogP contribution in [-0.2, 0) is 4.79 Å². The van der Waals surface area contributed by atoms with Crippen LogP contribution in [-0.4, -0.2) is 36.5 Å². The zero-order valence-electron chi connectivity index (χ0n) is 11.1. The van der Waals surface area contributed by atoms with Crippen LogP contribution in [0.1, 0.15) is 24.8 Å². The smallest absolute Gasteiger partial charge is 0.226 e. The largest absolute Gasteiger partial charge is 0.340 e. The summed E-state index contributed by atoms with van der Waals surface area (Å²) in [7, 11) is 0. The third-order valence-electron chi connectivity index (χ3n) is 4.06. The quantitative estimate of drug-likeness (QED) is 0.906. The van der Waals surface area contributed by atoms with E-state index in [1.807, 2.05) is 17.0 Å². The van der Waals surface area contributed by atoms with Crippen LogP contribution in [0.3, 0.4) is 0 Å². The summed E-state index contributed by atoms with van der Waals surface area (Å²) in [4.78, 5) is 14.5. The molecular formula is C15H19BrN2O. The van der Waals surface area contributed by atoms with Crippen LogP contribution in [0, 0.1) is 5.92 Å². The van der Waals surface area contributed by atoms with Crippen molar-refractivity contribution in [2.45, 2.75) is 25.3 Å². The number of nitrogens with one attached hydrogen (secondary N) is 1. The molecule has 0 aromatic heterocycles. The second-order valence-electron chi connectivity index (χ2n) is 5.64. The monoisotopic (exact) mass is 322 g/mol. The number of rotatable bonds is 2. The third kappa shape index (κ3) is 2.84. The predicted molar refractivity (Wildman–Crippen MR) is 79.0 cm³/mol. The molecule has 0 radical (unpaired) electrons. The Bertz CT molecular complexity index is 491. The molecule has 2 fully saturated rings. The van der Waals surface area contributed by atoms with Gasteiger partial charge < -0.3 is 10.2 Å². The van der Waals surface area contributed by atoms with Gasteiger partial charge in [-0.2, -0.15) is 0 Å². The first kappa shape index (κ1) is 13.1. The normalized spacial score (nSPS) is 30.2. The van der Waals surface area contributed by atoms with Crippen LogP contribution in [0.15, 0.2) is 28.7 Å². The highest BCUT2D eigenvalue weighted by molar-refractivity contribution is 9.10. The molecule has 0 spiro atoms. The van der Waals surface area contributed by atoms with Crippen LogP contribution in [0.5, 0.6) is 0 Å². The Hall–Kier alpha value is -0.870. The fourth-order valence-corrected chi connectivity index (χ4v) is 3.36. The number of piperazine rings is 1. The molecule has 1 saturated carbocycles. The Balaban J connectivity index is 1.64. The summed E-state index contributed by atoms with van der Waals surface area (Å²) >= 11 is 3.50. The maximum absolute atomic E-state index is 12.5. The SMILES string of the molecule is CC1CN(C(=O)C2CC2c2cccc(Br)c2)CCN1. The highest BCUT2D eigenvalue weighted by Gasteiger charge is 2.46. The number of benzene rings is 1. The van der Waals surface area contributed by atoms with Gasteiger partial charge in [-0.15, -0.1) is 0 Å². The Labute approximate surface area is 122 Å². The molecule has 1 aromatic carbocycles. The fourth-order valence-electron chi connectivity index (χ4n) is 2.94. The van der Waals surface area contributed by atoms with Crippen LogP contribution in [0.4, 0.5) is 0 Å². The van der Waals surface area contributed by atoms with Gasteiger partial charge in [-0.3, -0.25) is 4.79 Å². The van der Waals surface area contributed by atoms with Crippen molar-refractivity contribution < 1.29 is 4.79 Å². The van der Waals surface area contributed by atoms with Gasteiger partial charge in [0, 0.05) is 36.1 Å². The van der Waals surface area contributed by atoms with E-state index in [1.54, 1.807) is 0 Å². The van der Waals surface area contributed by atoms with Crippen molar-refractivity contribution in [2.75, 3.05) is 19.6 Å². The van der Waals surface area contributed by atoms with Gasteiger partial charge in [0.1, 0.15) is 0 Å². The Kier molecular flexibility index (Phi) is 3.63. The Morgan fingerprint density at radius 2 is 2.32 bits per heavy atom. The number of carbonyl (C=O) groups excluding carboxylic acids is 1. The van der Waals surface area contributed by atoms with E-state index in [4.69, 9.17) is 0 Å². The van der Waals surface area contributed by atoms with E-state index in [-0.39, 0.29) is 5.92 Å². The van der Waals surface area contributed by atoms with Crippen molar-refractivity contribution in [1.29, 1.82) is 0 Å². The molecule has 4 heteroatoms. The molecule has 0 bridgehead atoms. The Morgan fingerprint density at radius 3 is 3.05 bits per heavy atom. The molecule has 3 atom stereocenters. The van der Waals surface area contributed by atoms with Crippen LogP contribution < -0.4 is 5.32 Å². The highest BCUT2D eigenvalue weighted by Crippen LogP contribution is 2.48. The summed E-state index contributed by atoms with van der Waals surface area (Å²) in [5.41, 5.74) is 1.29. The minimum absolute atomic E-state index is 0.208. The molecule has 102 valence electrons. The van der Waals surface area contributed by atoms with Crippen LogP contribution in [0.2, 0.25) is 0 Å². The molecule has 3 rings (SSSR count). The lowest BCUT2D eigenvalue weighted by Crippen LogP contribution is -2.51. The van der Waals surface area contributed by atoms with Crippen molar-refractivity contribution in [3.05, 3.63) is 34.3 Å². The molecule has 1 amide bonds. The van der Waals surface area contributed by atoms with E-state index in [0.717, 1.165) is 30.5 Å². The molecule has 1 aromatic rings. The van der Waals surface area contributed by atoms with E-state index < -0.39 is 0 Å². The number of carbonyl (C=O) groups is 1. The molecule has 3 unspecified atom stereocenters. The average molecular weight is 323 g/mol. The van der Waals surface area contributed by atoms with E-state index in [1.165, 1.54) is 5.56 Å². The number of hydrogen-bond donors (Lipinski definition) is 1. The zero-order valence-corrected chi connectivity index (χ0v) is 12.7. The van der Waals surface area contributed by atoms with Gasteiger partial charge >= 0.3 is 0 Å². The number of nitrogens with zero attached hydrogens (tertiary/aromatic N) is 1. The lowest BCUT2D eigenvalue weighted by molar-refractivity contribution is -0.133. The number of halogens is 1. The van der Waals surface area contributed by atoms with E-state index in [0.29, 0.717) is 17.9 Å². The van der Waals surface area contributed by atoms with Gasteiger partial charge in [-0.05, 0) is 37.0 Å². The number of hydrogen-bond acceptors (Lipinski definition) is 2. The zero-order chi connectivity index (χ0) is 13.4. The number of amides is 1. The topological polar surface area (TPSA) is 32.3 Å². The molecular weight excluding hydrogens is 304 g/mol. The lowest BCUT2D eigenvalue weighted by atomic mass is 10.1. The predicted octanol–water partition coefficient (Wildman–Crippen LogP) is 2.37. The van der Waals surface area contributed by atoms with E-state index in [2.05, 4.69) is 40.3 Å². The fraction of sp³-hybridized carbons (Fsp3) is 0.533. The summed E-state index contributed by atoms with van der Waals surface area (Å²) in [6.07, 6.45) is 1.01. The molecule has 3 nitrogen and oxygen atoms in total. The summed E-state index contributed by atoms with van der Waals surface area (Å²) in [5, 5.41) is 3.38. The van der Waals surface area contributed by atoms with Crippen molar-refractivity contribution in [2.24, 2.45) is 5.92 Å². The van der Waals surface area contributed by atoms with E-state index in [9.17, 15) is 4.79 Å². The molecule has 1 aliphatic heterocycles.